The number of aliphatic hydroxyl groups is 2. The lowest BCUT2D eigenvalue weighted by molar-refractivity contribution is 0.0289. The minimum Gasteiger partial charge on any atom is -0.391 e. The first-order valence-corrected chi connectivity index (χ1v) is 14.0. The van der Waals surface area contributed by atoms with Gasteiger partial charge in [0.1, 0.15) is 0 Å². The molecule has 1 aromatic rings. The molecule has 4 nitrogen and oxygen atoms in total. The summed E-state index contributed by atoms with van der Waals surface area (Å²) in [5.74, 6) is 0. The molecule has 0 saturated carbocycles. The van der Waals surface area contributed by atoms with E-state index in [2.05, 4.69) is 81.3 Å². The van der Waals surface area contributed by atoms with Gasteiger partial charge >= 0.3 is 0 Å². The minimum atomic E-state index is -0.696. The number of nitrogens with zero attached hydrogens (tertiary/aromatic N) is 1. The molecule has 2 unspecified atom stereocenters. The average molecular weight is 493 g/mol. The molecule has 2 atom stereocenters. The number of fused-ring (bicyclic) bond motifs is 1. The Balaban J connectivity index is 1.44. The van der Waals surface area contributed by atoms with E-state index in [4.69, 9.17) is 0 Å². The topological polar surface area (TPSA) is 55.7 Å². The lowest BCUT2D eigenvalue weighted by Crippen LogP contribution is -2.45. The first kappa shape index (κ1) is 27.2. The van der Waals surface area contributed by atoms with Gasteiger partial charge in [-0.25, -0.2) is 0 Å². The van der Waals surface area contributed by atoms with Gasteiger partial charge in [0.2, 0.25) is 0 Å². The van der Waals surface area contributed by atoms with Crippen molar-refractivity contribution >= 4 is 5.57 Å². The summed E-state index contributed by atoms with van der Waals surface area (Å²) in [7, 11) is 0. The minimum absolute atomic E-state index is 0.225. The molecule has 3 N–H and O–H groups in total. The van der Waals surface area contributed by atoms with Crippen LogP contribution in [0.4, 0.5) is 0 Å². The smallest absolute Gasteiger partial charge is 0.0920 e. The highest BCUT2D eigenvalue weighted by atomic mass is 16.3. The zero-order valence-corrected chi connectivity index (χ0v) is 23.4. The van der Waals surface area contributed by atoms with E-state index in [9.17, 15) is 10.2 Å². The van der Waals surface area contributed by atoms with Gasteiger partial charge in [0.25, 0.3) is 0 Å². The predicted molar refractivity (Wildman–Crippen MR) is 151 cm³/mol. The van der Waals surface area contributed by atoms with Crippen LogP contribution < -0.4 is 5.32 Å². The van der Waals surface area contributed by atoms with E-state index >= 15 is 0 Å². The van der Waals surface area contributed by atoms with E-state index in [1.54, 1.807) is 6.92 Å². The maximum absolute atomic E-state index is 9.86. The number of hydrogen-bond acceptors (Lipinski definition) is 4. The predicted octanol–water partition coefficient (Wildman–Crippen LogP) is 5.84. The molecule has 1 saturated heterocycles. The van der Waals surface area contributed by atoms with Crippen molar-refractivity contribution in [3.8, 4) is 0 Å². The Morgan fingerprint density at radius 2 is 1.67 bits per heavy atom. The molecular formula is C32H48N2O2. The number of allylic oxidation sites excluding steroid dienone is 6. The molecule has 4 heteroatoms. The Morgan fingerprint density at radius 1 is 1.00 bits per heavy atom. The van der Waals surface area contributed by atoms with Crippen molar-refractivity contribution < 1.29 is 10.2 Å². The van der Waals surface area contributed by atoms with Crippen molar-refractivity contribution in [2.75, 3.05) is 19.6 Å². The van der Waals surface area contributed by atoms with E-state index in [1.165, 1.54) is 46.4 Å². The van der Waals surface area contributed by atoms with Gasteiger partial charge in [-0.1, -0.05) is 63.6 Å². The zero-order valence-electron chi connectivity index (χ0n) is 23.4. The van der Waals surface area contributed by atoms with Crippen molar-refractivity contribution in [3.63, 3.8) is 0 Å². The second kappa shape index (κ2) is 10.8. The van der Waals surface area contributed by atoms with Gasteiger partial charge in [0.15, 0.2) is 0 Å². The number of aliphatic hydroxyl groups excluding tert-OH is 2. The Labute approximate surface area is 219 Å². The van der Waals surface area contributed by atoms with E-state index in [-0.39, 0.29) is 10.8 Å². The number of hydrogen-bond donors (Lipinski definition) is 3. The highest BCUT2D eigenvalue weighted by molar-refractivity contribution is 5.78. The van der Waals surface area contributed by atoms with Gasteiger partial charge in [0.05, 0.1) is 12.2 Å². The average Bonchev–Trinajstić information content (AvgIpc) is 2.83. The second-order valence-electron chi connectivity index (χ2n) is 12.7. The van der Waals surface area contributed by atoms with Crippen molar-refractivity contribution in [1.82, 2.24) is 10.2 Å². The quantitative estimate of drug-likeness (QED) is 0.467. The Kier molecular flexibility index (Phi) is 8.19. The first-order valence-electron chi connectivity index (χ1n) is 14.0. The molecule has 3 aliphatic rings. The monoisotopic (exact) mass is 492 g/mol. The molecule has 1 aliphatic heterocycles. The Bertz CT molecular complexity index is 1020. The van der Waals surface area contributed by atoms with Crippen LogP contribution in [0.15, 0.2) is 47.7 Å². The highest BCUT2D eigenvalue weighted by Crippen LogP contribution is 2.46. The van der Waals surface area contributed by atoms with Crippen LogP contribution in [0.5, 0.6) is 0 Å². The standard InChI is InChI=1S/C32H48N2O2/c1-22-10-12-26(34-18-14-25(15-19-34)33-21-30(36)23(2)35)8-7-9-27(22)24-11-13-28-29(20-24)32(5,6)17-16-31(28,3)4/h7-9,11,13,20,23,25,30,33,35-36H,10,12,14-19,21H2,1-6H3. The number of benzene rings is 1. The van der Waals surface area contributed by atoms with E-state index in [0.29, 0.717) is 12.6 Å². The summed E-state index contributed by atoms with van der Waals surface area (Å²) in [4.78, 5) is 2.54. The molecule has 2 aliphatic carbocycles. The van der Waals surface area contributed by atoms with Gasteiger partial charge in [0, 0.05) is 31.4 Å². The molecule has 4 rings (SSSR count). The molecule has 0 bridgehead atoms. The number of rotatable bonds is 6. The maximum atomic E-state index is 9.86. The largest absolute Gasteiger partial charge is 0.391 e. The number of piperidine rings is 1. The number of nitrogens with one attached hydrogen (secondary N) is 1. The maximum Gasteiger partial charge on any atom is 0.0920 e. The first-order chi connectivity index (χ1) is 17.0. The van der Waals surface area contributed by atoms with Crippen LogP contribution in [-0.4, -0.2) is 53.0 Å². The normalized spacial score (nSPS) is 24.0. The summed E-state index contributed by atoms with van der Waals surface area (Å²) in [6.45, 7) is 16.1. The summed E-state index contributed by atoms with van der Waals surface area (Å²) >= 11 is 0. The molecular weight excluding hydrogens is 444 g/mol. The van der Waals surface area contributed by atoms with Gasteiger partial charge in [-0.3, -0.25) is 0 Å². The molecule has 36 heavy (non-hydrogen) atoms. The van der Waals surface area contributed by atoms with Gasteiger partial charge in [-0.05, 0) is 91.5 Å². The van der Waals surface area contributed by atoms with Crippen LogP contribution >= 0.6 is 0 Å². The fourth-order valence-electron chi connectivity index (χ4n) is 6.12. The molecule has 1 fully saturated rings. The molecule has 0 spiro atoms. The van der Waals surface area contributed by atoms with Crippen LogP contribution in [0.2, 0.25) is 0 Å². The van der Waals surface area contributed by atoms with Crippen molar-refractivity contribution in [2.45, 2.75) is 109 Å². The van der Waals surface area contributed by atoms with Crippen molar-refractivity contribution in [3.05, 3.63) is 64.4 Å². The molecule has 198 valence electrons. The Hall–Kier alpha value is -1.88. The van der Waals surface area contributed by atoms with Crippen LogP contribution in [-0.2, 0) is 10.8 Å². The van der Waals surface area contributed by atoms with Gasteiger partial charge in [-0.15, -0.1) is 0 Å². The van der Waals surface area contributed by atoms with E-state index in [0.717, 1.165) is 38.8 Å². The van der Waals surface area contributed by atoms with Gasteiger partial charge < -0.3 is 20.4 Å². The zero-order chi connectivity index (χ0) is 26.1. The van der Waals surface area contributed by atoms with Crippen LogP contribution in [0, 0.1) is 0 Å². The van der Waals surface area contributed by atoms with E-state index < -0.39 is 12.2 Å². The fraction of sp³-hybridized carbons (Fsp3) is 0.625. The third-order valence-corrected chi connectivity index (χ3v) is 9.00. The molecule has 0 amide bonds. The molecule has 0 aromatic heterocycles. The fourth-order valence-corrected chi connectivity index (χ4v) is 6.12. The number of likely N-dealkylation sites (tertiary alicyclic amines) is 1. The molecule has 1 aromatic carbocycles. The van der Waals surface area contributed by atoms with Crippen molar-refractivity contribution in [2.24, 2.45) is 0 Å². The second-order valence-corrected chi connectivity index (χ2v) is 12.7. The summed E-state index contributed by atoms with van der Waals surface area (Å²) in [5, 5.41) is 22.8. The van der Waals surface area contributed by atoms with Crippen molar-refractivity contribution in [1.29, 1.82) is 0 Å². The lowest BCUT2D eigenvalue weighted by Gasteiger charge is -2.42. The molecule has 1 heterocycles. The van der Waals surface area contributed by atoms with E-state index in [1.807, 2.05) is 0 Å². The lowest BCUT2D eigenvalue weighted by atomic mass is 9.63. The Morgan fingerprint density at radius 3 is 2.33 bits per heavy atom. The van der Waals surface area contributed by atoms with Crippen LogP contribution in [0.3, 0.4) is 0 Å². The summed E-state index contributed by atoms with van der Waals surface area (Å²) in [6, 6.07) is 7.64. The third kappa shape index (κ3) is 5.98. The summed E-state index contributed by atoms with van der Waals surface area (Å²) < 4.78 is 0. The van der Waals surface area contributed by atoms with Crippen LogP contribution in [0.25, 0.3) is 5.57 Å². The van der Waals surface area contributed by atoms with Gasteiger partial charge in [-0.2, -0.15) is 0 Å². The summed E-state index contributed by atoms with van der Waals surface area (Å²) in [5.41, 5.74) is 9.17. The van der Waals surface area contributed by atoms with Crippen LogP contribution in [0.1, 0.15) is 96.8 Å². The molecule has 0 radical (unpaired) electrons. The summed E-state index contributed by atoms with van der Waals surface area (Å²) in [6.07, 6.45) is 12.3. The third-order valence-electron chi connectivity index (χ3n) is 9.00. The highest BCUT2D eigenvalue weighted by Gasteiger charge is 2.37. The SMILES string of the molecule is CC1=C(c2ccc3c(c2)C(C)(C)CCC3(C)C)C=CC=C(N2CCC(NCC(O)C(C)O)CC2)CC1.